The Morgan fingerprint density at radius 3 is 2.93 bits per heavy atom. The van der Waals surface area contributed by atoms with Crippen LogP contribution in [0.15, 0.2) is 42.6 Å². The van der Waals surface area contributed by atoms with Gasteiger partial charge in [-0.2, -0.15) is 0 Å². The highest BCUT2D eigenvalue weighted by molar-refractivity contribution is 5.79. The molecular weight excluding hydrogens is 338 g/mol. The van der Waals surface area contributed by atoms with Crippen molar-refractivity contribution in [3.8, 4) is 0 Å². The van der Waals surface area contributed by atoms with Crippen LogP contribution >= 0.6 is 0 Å². The topological polar surface area (TPSA) is 62.5 Å². The largest absolute Gasteiger partial charge is 0.352 e. The number of anilines is 1. The van der Waals surface area contributed by atoms with Crippen molar-refractivity contribution in [2.45, 2.75) is 33.2 Å². The summed E-state index contributed by atoms with van der Waals surface area (Å²) in [5.74, 6) is 0.908. The number of aryl methyl sites for hydroxylation is 2. The van der Waals surface area contributed by atoms with E-state index in [2.05, 4.69) is 52.5 Å². The molecule has 0 aliphatic carbocycles. The number of nitrogens with zero attached hydrogens (tertiary/aromatic N) is 4. The van der Waals surface area contributed by atoms with Crippen LogP contribution in [0.5, 0.6) is 0 Å². The fourth-order valence-electron chi connectivity index (χ4n) is 3.66. The number of nitrogens with one attached hydrogen (secondary N) is 1. The average Bonchev–Trinajstić information content (AvgIpc) is 3.13. The first kappa shape index (κ1) is 17.5. The number of hydrogen-bond donors (Lipinski definition) is 1. The standard InChI is InChI=1S/C21H25N5O/c1-15-8-9-17(12-16(15)2)13-22-20(27)18-6-5-10-25(14-18)21-24-23-19-7-3-4-11-26(19)21/h3-4,7-9,11-12,18H,5-6,10,13-14H2,1-2H3,(H,22,27)/t18-/m0/s1. The summed E-state index contributed by atoms with van der Waals surface area (Å²) in [7, 11) is 0. The van der Waals surface area contributed by atoms with Crippen molar-refractivity contribution in [1.82, 2.24) is 19.9 Å². The Labute approximate surface area is 159 Å². The number of rotatable bonds is 4. The number of benzene rings is 1. The monoisotopic (exact) mass is 363 g/mol. The maximum atomic E-state index is 12.7. The lowest BCUT2D eigenvalue weighted by Crippen LogP contribution is -2.43. The predicted octanol–water partition coefficient (Wildman–Crippen LogP) is 2.88. The molecule has 1 aliphatic heterocycles. The third-order valence-corrected chi connectivity index (χ3v) is 5.41. The van der Waals surface area contributed by atoms with Gasteiger partial charge >= 0.3 is 0 Å². The Morgan fingerprint density at radius 1 is 1.19 bits per heavy atom. The minimum absolute atomic E-state index is 0.0265. The van der Waals surface area contributed by atoms with Gasteiger partial charge in [0.15, 0.2) is 5.65 Å². The lowest BCUT2D eigenvalue weighted by atomic mass is 9.97. The zero-order valence-electron chi connectivity index (χ0n) is 15.9. The highest BCUT2D eigenvalue weighted by Crippen LogP contribution is 2.22. The molecule has 0 saturated carbocycles. The van der Waals surface area contributed by atoms with Gasteiger partial charge < -0.3 is 10.2 Å². The summed E-state index contributed by atoms with van der Waals surface area (Å²) >= 11 is 0. The second kappa shape index (κ2) is 7.39. The predicted molar refractivity (Wildman–Crippen MR) is 106 cm³/mol. The van der Waals surface area contributed by atoms with Crippen molar-refractivity contribution in [3.63, 3.8) is 0 Å². The maximum absolute atomic E-state index is 12.7. The summed E-state index contributed by atoms with van der Waals surface area (Å²) in [6.07, 6.45) is 3.85. The molecule has 27 heavy (non-hydrogen) atoms. The molecule has 4 rings (SSSR count). The zero-order chi connectivity index (χ0) is 18.8. The van der Waals surface area contributed by atoms with Gasteiger partial charge in [0.2, 0.25) is 11.9 Å². The summed E-state index contributed by atoms with van der Waals surface area (Å²) in [6.45, 7) is 6.35. The van der Waals surface area contributed by atoms with Crippen molar-refractivity contribution < 1.29 is 4.79 Å². The number of fused-ring (bicyclic) bond motifs is 1. The van der Waals surface area contributed by atoms with Crippen LogP contribution in [0.25, 0.3) is 5.65 Å². The maximum Gasteiger partial charge on any atom is 0.231 e. The molecule has 6 heteroatoms. The molecule has 0 unspecified atom stereocenters. The molecule has 3 aromatic rings. The van der Waals surface area contributed by atoms with E-state index in [9.17, 15) is 4.79 Å². The molecule has 1 aliphatic rings. The number of pyridine rings is 1. The number of piperidine rings is 1. The Bertz CT molecular complexity index is 964. The Balaban J connectivity index is 1.41. The van der Waals surface area contributed by atoms with Crippen LogP contribution < -0.4 is 10.2 Å². The second-order valence-corrected chi connectivity index (χ2v) is 7.35. The first-order valence-corrected chi connectivity index (χ1v) is 9.50. The first-order chi connectivity index (χ1) is 13.1. The molecule has 0 radical (unpaired) electrons. The van der Waals surface area contributed by atoms with E-state index < -0.39 is 0 Å². The van der Waals surface area contributed by atoms with Crippen molar-refractivity contribution >= 4 is 17.5 Å². The summed E-state index contributed by atoms with van der Waals surface area (Å²) in [5, 5.41) is 11.7. The van der Waals surface area contributed by atoms with E-state index in [0.29, 0.717) is 13.1 Å². The molecule has 6 nitrogen and oxygen atoms in total. The van der Waals surface area contributed by atoms with E-state index in [1.54, 1.807) is 0 Å². The number of hydrogen-bond acceptors (Lipinski definition) is 4. The van der Waals surface area contributed by atoms with Crippen molar-refractivity contribution in [2.75, 3.05) is 18.0 Å². The molecule has 1 N–H and O–H groups in total. The van der Waals surface area contributed by atoms with E-state index in [1.165, 1.54) is 11.1 Å². The highest BCUT2D eigenvalue weighted by Gasteiger charge is 2.28. The van der Waals surface area contributed by atoms with Crippen LogP contribution in [0.3, 0.4) is 0 Å². The van der Waals surface area contributed by atoms with Gasteiger partial charge in [0.05, 0.1) is 5.92 Å². The Morgan fingerprint density at radius 2 is 2.07 bits per heavy atom. The molecule has 140 valence electrons. The molecule has 3 heterocycles. The average molecular weight is 363 g/mol. The molecule has 0 spiro atoms. The minimum Gasteiger partial charge on any atom is -0.352 e. The number of amides is 1. The molecule has 1 aromatic carbocycles. The highest BCUT2D eigenvalue weighted by atomic mass is 16.1. The molecule has 2 aromatic heterocycles. The van der Waals surface area contributed by atoms with Gasteiger partial charge in [-0.25, -0.2) is 0 Å². The molecular formula is C21H25N5O. The third kappa shape index (κ3) is 3.65. The molecule has 0 bridgehead atoms. The first-order valence-electron chi connectivity index (χ1n) is 9.50. The second-order valence-electron chi connectivity index (χ2n) is 7.35. The zero-order valence-corrected chi connectivity index (χ0v) is 15.9. The molecule has 1 saturated heterocycles. The fraction of sp³-hybridized carbons (Fsp3) is 0.381. The molecule has 1 amide bonds. The quantitative estimate of drug-likeness (QED) is 0.774. The lowest BCUT2D eigenvalue weighted by molar-refractivity contribution is -0.125. The Kier molecular flexibility index (Phi) is 4.79. The minimum atomic E-state index is -0.0265. The van der Waals surface area contributed by atoms with Crippen LogP contribution in [0, 0.1) is 19.8 Å². The van der Waals surface area contributed by atoms with Crippen molar-refractivity contribution in [1.29, 1.82) is 0 Å². The van der Waals surface area contributed by atoms with Gasteiger partial charge in [-0.3, -0.25) is 9.20 Å². The van der Waals surface area contributed by atoms with E-state index in [4.69, 9.17) is 0 Å². The van der Waals surface area contributed by atoms with Crippen molar-refractivity contribution in [3.05, 3.63) is 59.3 Å². The van der Waals surface area contributed by atoms with Gasteiger partial charge in [0.1, 0.15) is 0 Å². The number of carbonyl (C=O) groups is 1. The van der Waals surface area contributed by atoms with Crippen LogP contribution in [0.1, 0.15) is 29.5 Å². The summed E-state index contributed by atoms with van der Waals surface area (Å²) in [4.78, 5) is 14.9. The molecule has 1 fully saturated rings. The van der Waals surface area contributed by atoms with Crippen molar-refractivity contribution in [2.24, 2.45) is 5.92 Å². The normalized spacial score (nSPS) is 17.3. The SMILES string of the molecule is Cc1ccc(CNC(=O)[C@H]2CCCN(c3nnc4ccccn34)C2)cc1C. The van der Waals surface area contributed by atoms with E-state index in [0.717, 1.165) is 36.5 Å². The van der Waals surface area contributed by atoms with E-state index in [1.807, 2.05) is 28.8 Å². The Hall–Kier alpha value is -2.89. The van der Waals surface area contributed by atoms with Crippen LogP contribution in [-0.4, -0.2) is 33.6 Å². The van der Waals surface area contributed by atoms with Crippen LogP contribution in [-0.2, 0) is 11.3 Å². The summed E-state index contributed by atoms with van der Waals surface area (Å²) in [5.41, 5.74) is 4.49. The van der Waals surface area contributed by atoms with Gasteiger partial charge in [0, 0.05) is 25.8 Å². The lowest BCUT2D eigenvalue weighted by Gasteiger charge is -2.32. The van der Waals surface area contributed by atoms with Gasteiger partial charge in [-0.1, -0.05) is 24.3 Å². The van der Waals surface area contributed by atoms with Gasteiger partial charge in [0.25, 0.3) is 0 Å². The fourth-order valence-corrected chi connectivity index (χ4v) is 3.66. The van der Waals surface area contributed by atoms with E-state index in [-0.39, 0.29) is 11.8 Å². The number of carbonyl (C=O) groups excluding carboxylic acids is 1. The van der Waals surface area contributed by atoms with Gasteiger partial charge in [-0.05, 0) is 55.5 Å². The van der Waals surface area contributed by atoms with E-state index >= 15 is 0 Å². The van der Waals surface area contributed by atoms with Crippen LogP contribution in [0.4, 0.5) is 5.95 Å². The van der Waals surface area contributed by atoms with Crippen LogP contribution in [0.2, 0.25) is 0 Å². The summed E-state index contributed by atoms with van der Waals surface area (Å²) < 4.78 is 1.98. The van der Waals surface area contributed by atoms with Gasteiger partial charge in [-0.15, -0.1) is 10.2 Å². The third-order valence-electron chi connectivity index (χ3n) is 5.41. The number of aromatic nitrogens is 3. The molecule has 1 atom stereocenters. The summed E-state index contributed by atoms with van der Waals surface area (Å²) in [6, 6.07) is 12.2. The smallest absolute Gasteiger partial charge is 0.231 e.